The third-order valence-corrected chi connectivity index (χ3v) is 3.59. The van der Waals surface area contributed by atoms with Gasteiger partial charge in [-0.2, -0.15) is 0 Å². The van der Waals surface area contributed by atoms with Gasteiger partial charge in [-0.25, -0.2) is 4.98 Å². The van der Waals surface area contributed by atoms with Gasteiger partial charge < -0.3 is 11.1 Å². The predicted molar refractivity (Wildman–Crippen MR) is 79.2 cm³/mol. The largest absolute Gasteiger partial charge is 0.325 e. The van der Waals surface area contributed by atoms with E-state index in [1.54, 1.807) is 11.3 Å². The van der Waals surface area contributed by atoms with Gasteiger partial charge in [0.1, 0.15) is 0 Å². The summed E-state index contributed by atoms with van der Waals surface area (Å²) in [5.41, 5.74) is 8.36. The lowest BCUT2D eigenvalue weighted by Gasteiger charge is -2.10. The Morgan fingerprint density at radius 2 is 2.32 bits per heavy atom. The number of aromatic nitrogens is 1. The maximum Gasteiger partial charge on any atom is 0.241 e. The van der Waals surface area contributed by atoms with Crippen molar-refractivity contribution in [3.63, 3.8) is 0 Å². The molecule has 1 aromatic carbocycles. The Morgan fingerprint density at radius 1 is 1.53 bits per heavy atom. The highest BCUT2D eigenvalue weighted by molar-refractivity contribution is 7.09. The highest BCUT2D eigenvalue weighted by Gasteiger charge is 2.11. The molecule has 0 saturated carbocycles. The molecule has 0 spiro atoms. The molecule has 1 heterocycles. The Kier molecular flexibility index (Phi) is 4.29. The van der Waals surface area contributed by atoms with E-state index in [4.69, 9.17) is 5.73 Å². The lowest BCUT2D eigenvalue weighted by Crippen LogP contribution is -2.34. The molecule has 1 atom stereocenters. The molecule has 19 heavy (non-hydrogen) atoms. The van der Waals surface area contributed by atoms with Crippen LogP contribution in [0.3, 0.4) is 0 Å². The summed E-state index contributed by atoms with van der Waals surface area (Å²) in [5, 5.41) is 5.85. The fourth-order valence-corrected chi connectivity index (χ4v) is 2.29. The number of nitrogens with one attached hydrogen (secondary N) is 1. The predicted octanol–water partition coefficient (Wildman–Crippen LogP) is 2.79. The number of nitrogens with zero attached hydrogens (tertiary/aromatic N) is 1. The summed E-state index contributed by atoms with van der Waals surface area (Å²) in [4.78, 5) is 16.2. The van der Waals surface area contributed by atoms with Crippen LogP contribution in [-0.2, 0) is 4.79 Å². The number of benzene rings is 1. The van der Waals surface area contributed by atoms with Crippen LogP contribution in [-0.4, -0.2) is 16.9 Å². The Balaban J connectivity index is 2.18. The molecule has 5 heteroatoms. The molecule has 100 valence electrons. The van der Waals surface area contributed by atoms with Gasteiger partial charge in [0.15, 0.2) is 0 Å². The van der Waals surface area contributed by atoms with Crippen LogP contribution >= 0.6 is 11.3 Å². The van der Waals surface area contributed by atoms with E-state index in [-0.39, 0.29) is 5.91 Å². The molecule has 0 saturated heterocycles. The summed E-state index contributed by atoms with van der Waals surface area (Å²) < 4.78 is 0. The lowest BCUT2D eigenvalue weighted by molar-refractivity contribution is -0.117. The molecular formula is C14H17N3OS. The van der Waals surface area contributed by atoms with Crippen molar-refractivity contribution < 1.29 is 4.79 Å². The molecule has 0 bridgehead atoms. The Morgan fingerprint density at radius 3 is 2.95 bits per heavy atom. The Labute approximate surface area is 116 Å². The van der Waals surface area contributed by atoms with Gasteiger partial charge in [-0.15, -0.1) is 11.3 Å². The zero-order valence-corrected chi connectivity index (χ0v) is 11.8. The fourth-order valence-electron chi connectivity index (χ4n) is 1.67. The third kappa shape index (κ3) is 3.39. The van der Waals surface area contributed by atoms with Gasteiger partial charge in [-0.1, -0.05) is 19.1 Å². The van der Waals surface area contributed by atoms with E-state index in [9.17, 15) is 4.79 Å². The molecule has 0 aliphatic rings. The van der Waals surface area contributed by atoms with Crippen LogP contribution in [0.5, 0.6) is 0 Å². The second kappa shape index (κ2) is 5.95. The van der Waals surface area contributed by atoms with Gasteiger partial charge in [-0.3, -0.25) is 4.79 Å². The van der Waals surface area contributed by atoms with Crippen LogP contribution in [0.1, 0.15) is 18.4 Å². The SMILES string of the molecule is CC[C@@H](N)C(=O)Nc1cccc(-c2csc(C)n2)c1. The van der Waals surface area contributed by atoms with Crippen molar-refractivity contribution in [1.82, 2.24) is 4.98 Å². The number of hydrogen-bond donors (Lipinski definition) is 2. The van der Waals surface area contributed by atoms with Crippen molar-refractivity contribution in [3.05, 3.63) is 34.7 Å². The summed E-state index contributed by atoms with van der Waals surface area (Å²) in [6.45, 7) is 3.86. The number of rotatable bonds is 4. The fraction of sp³-hybridized carbons (Fsp3) is 0.286. The monoisotopic (exact) mass is 275 g/mol. The van der Waals surface area contributed by atoms with E-state index in [1.807, 2.05) is 43.5 Å². The first-order valence-electron chi connectivity index (χ1n) is 6.19. The topological polar surface area (TPSA) is 68.0 Å². The van der Waals surface area contributed by atoms with Crippen molar-refractivity contribution in [3.8, 4) is 11.3 Å². The zero-order chi connectivity index (χ0) is 13.8. The molecule has 0 unspecified atom stereocenters. The molecule has 3 N–H and O–H groups in total. The van der Waals surface area contributed by atoms with E-state index >= 15 is 0 Å². The van der Waals surface area contributed by atoms with E-state index in [0.717, 1.165) is 22.0 Å². The third-order valence-electron chi connectivity index (χ3n) is 2.82. The first-order valence-corrected chi connectivity index (χ1v) is 7.07. The highest BCUT2D eigenvalue weighted by atomic mass is 32.1. The van der Waals surface area contributed by atoms with Crippen LogP contribution < -0.4 is 11.1 Å². The number of hydrogen-bond acceptors (Lipinski definition) is 4. The Hall–Kier alpha value is -1.72. The summed E-state index contributed by atoms with van der Waals surface area (Å²) in [6.07, 6.45) is 0.622. The standard InChI is InChI=1S/C14H17N3OS/c1-3-12(15)14(18)17-11-6-4-5-10(7-11)13-8-19-9(2)16-13/h4-8,12H,3,15H2,1-2H3,(H,17,18)/t12-/m1/s1. The van der Waals surface area contributed by atoms with Gasteiger partial charge >= 0.3 is 0 Å². The first-order chi connectivity index (χ1) is 9.10. The molecule has 0 aliphatic heterocycles. The van der Waals surface area contributed by atoms with Crippen molar-refractivity contribution in [2.24, 2.45) is 5.73 Å². The summed E-state index contributed by atoms with van der Waals surface area (Å²) in [6, 6.07) is 7.17. The second-order valence-corrected chi connectivity index (χ2v) is 5.40. The average Bonchev–Trinajstić information content (AvgIpc) is 2.84. The number of carbonyl (C=O) groups is 1. The number of anilines is 1. The minimum Gasteiger partial charge on any atom is -0.325 e. The van der Waals surface area contributed by atoms with Crippen LogP contribution in [0.4, 0.5) is 5.69 Å². The normalized spacial score (nSPS) is 12.2. The number of aryl methyl sites for hydroxylation is 1. The van der Waals surface area contributed by atoms with Crippen molar-refractivity contribution in [2.75, 3.05) is 5.32 Å². The summed E-state index contributed by atoms with van der Waals surface area (Å²) >= 11 is 1.61. The molecule has 4 nitrogen and oxygen atoms in total. The van der Waals surface area contributed by atoms with Crippen LogP contribution in [0.15, 0.2) is 29.6 Å². The minimum atomic E-state index is -0.467. The minimum absolute atomic E-state index is 0.158. The molecule has 1 amide bonds. The molecule has 0 aliphatic carbocycles. The van der Waals surface area contributed by atoms with Crippen molar-refractivity contribution >= 4 is 22.9 Å². The van der Waals surface area contributed by atoms with E-state index in [2.05, 4.69) is 10.3 Å². The average molecular weight is 275 g/mol. The first kappa shape index (κ1) is 13.7. The highest BCUT2D eigenvalue weighted by Crippen LogP contribution is 2.24. The van der Waals surface area contributed by atoms with E-state index in [0.29, 0.717) is 6.42 Å². The molecule has 0 radical (unpaired) electrons. The number of nitrogens with two attached hydrogens (primary N) is 1. The number of thiazole rings is 1. The van der Waals surface area contributed by atoms with Gasteiger partial charge in [0.25, 0.3) is 0 Å². The maximum absolute atomic E-state index is 11.7. The van der Waals surface area contributed by atoms with Gasteiger partial charge in [0, 0.05) is 16.6 Å². The molecule has 1 aromatic heterocycles. The Bertz CT molecular complexity index is 580. The van der Waals surface area contributed by atoms with Gasteiger partial charge in [0.2, 0.25) is 5.91 Å². The van der Waals surface area contributed by atoms with Gasteiger partial charge in [0.05, 0.1) is 16.7 Å². The van der Waals surface area contributed by atoms with E-state index in [1.165, 1.54) is 0 Å². The lowest BCUT2D eigenvalue weighted by atomic mass is 10.1. The maximum atomic E-state index is 11.7. The van der Waals surface area contributed by atoms with Crippen LogP contribution in [0.2, 0.25) is 0 Å². The zero-order valence-electron chi connectivity index (χ0n) is 11.0. The van der Waals surface area contributed by atoms with Crippen LogP contribution in [0, 0.1) is 6.92 Å². The number of carbonyl (C=O) groups excluding carboxylic acids is 1. The van der Waals surface area contributed by atoms with E-state index < -0.39 is 6.04 Å². The van der Waals surface area contributed by atoms with Crippen molar-refractivity contribution in [2.45, 2.75) is 26.3 Å². The van der Waals surface area contributed by atoms with Gasteiger partial charge in [-0.05, 0) is 25.5 Å². The quantitative estimate of drug-likeness (QED) is 0.901. The molecular weight excluding hydrogens is 258 g/mol. The summed E-state index contributed by atoms with van der Waals surface area (Å²) in [7, 11) is 0. The summed E-state index contributed by atoms with van der Waals surface area (Å²) in [5.74, 6) is -0.158. The molecule has 2 aromatic rings. The molecule has 2 rings (SSSR count). The second-order valence-electron chi connectivity index (χ2n) is 4.34. The number of amides is 1. The molecule has 0 fully saturated rings. The van der Waals surface area contributed by atoms with Crippen LogP contribution in [0.25, 0.3) is 11.3 Å². The smallest absolute Gasteiger partial charge is 0.241 e. The van der Waals surface area contributed by atoms with Crippen molar-refractivity contribution in [1.29, 1.82) is 0 Å².